The molecule has 0 heterocycles. The standard InChI is InChI=1S/C23H21N3O5/c1-2-30-21-12-8-19(9-13-21)23(27)25-24-15-18-4-3-5-22(14-18)31-16-17-6-10-20(11-7-17)26(28)29/h3-15H,2,16H2,1H3,(H,25,27)/b24-15+. The molecule has 3 rings (SSSR count). The highest BCUT2D eigenvalue weighted by Gasteiger charge is 2.05. The van der Waals surface area contributed by atoms with Crippen LogP contribution in [0.5, 0.6) is 11.5 Å². The molecule has 0 unspecified atom stereocenters. The van der Waals surface area contributed by atoms with Crippen molar-refractivity contribution in [2.24, 2.45) is 5.10 Å². The first-order valence-corrected chi connectivity index (χ1v) is 9.57. The Morgan fingerprint density at radius 2 is 1.77 bits per heavy atom. The lowest BCUT2D eigenvalue weighted by Gasteiger charge is -2.07. The number of nitro benzene ring substituents is 1. The summed E-state index contributed by atoms with van der Waals surface area (Å²) in [6.07, 6.45) is 1.52. The van der Waals surface area contributed by atoms with Crippen LogP contribution in [0.1, 0.15) is 28.4 Å². The van der Waals surface area contributed by atoms with Gasteiger partial charge in [-0.05, 0) is 66.6 Å². The van der Waals surface area contributed by atoms with Crippen LogP contribution in [-0.4, -0.2) is 23.7 Å². The molecule has 0 bridgehead atoms. The largest absolute Gasteiger partial charge is 0.494 e. The number of nitro groups is 1. The first kappa shape index (κ1) is 21.5. The maximum Gasteiger partial charge on any atom is 0.271 e. The Labute approximate surface area is 179 Å². The minimum absolute atomic E-state index is 0.0363. The molecule has 0 radical (unpaired) electrons. The number of non-ortho nitro benzene ring substituents is 1. The van der Waals surface area contributed by atoms with Crippen LogP contribution in [-0.2, 0) is 6.61 Å². The van der Waals surface area contributed by atoms with E-state index in [0.717, 1.165) is 11.1 Å². The van der Waals surface area contributed by atoms with Crippen LogP contribution in [0.3, 0.4) is 0 Å². The molecule has 8 heteroatoms. The fourth-order valence-corrected chi connectivity index (χ4v) is 2.66. The zero-order valence-corrected chi connectivity index (χ0v) is 16.9. The third-order valence-electron chi connectivity index (χ3n) is 4.22. The number of nitrogens with zero attached hydrogens (tertiary/aromatic N) is 2. The summed E-state index contributed by atoms with van der Waals surface area (Å²) in [4.78, 5) is 22.4. The molecule has 0 saturated carbocycles. The van der Waals surface area contributed by atoms with E-state index in [-0.39, 0.29) is 18.2 Å². The average molecular weight is 419 g/mol. The second kappa shape index (κ2) is 10.5. The van der Waals surface area contributed by atoms with Gasteiger partial charge in [0.1, 0.15) is 18.1 Å². The number of amides is 1. The molecule has 1 N–H and O–H groups in total. The number of hydrazone groups is 1. The number of benzene rings is 3. The van der Waals surface area contributed by atoms with Gasteiger partial charge in [0.25, 0.3) is 11.6 Å². The van der Waals surface area contributed by atoms with Crippen molar-refractivity contribution in [3.63, 3.8) is 0 Å². The van der Waals surface area contributed by atoms with Gasteiger partial charge in [0.2, 0.25) is 0 Å². The zero-order valence-electron chi connectivity index (χ0n) is 16.9. The minimum atomic E-state index is -0.442. The van der Waals surface area contributed by atoms with Crippen molar-refractivity contribution >= 4 is 17.8 Å². The summed E-state index contributed by atoms with van der Waals surface area (Å²) in [7, 11) is 0. The van der Waals surface area contributed by atoms with Gasteiger partial charge in [0.15, 0.2) is 0 Å². The van der Waals surface area contributed by atoms with Crippen molar-refractivity contribution in [2.75, 3.05) is 6.61 Å². The Kier molecular flexibility index (Phi) is 7.31. The van der Waals surface area contributed by atoms with Crippen molar-refractivity contribution in [2.45, 2.75) is 13.5 Å². The summed E-state index contributed by atoms with van der Waals surface area (Å²) in [6.45, 7) is 2.73. The molecule has 0 spiro atoms. The highest BCUT2D eigenvalue weighted by Crippen LogP contribution is 2.17. The Hall–Kier alpha value is -4.20. The third kappa shape index (κ3) is 6.40. The van der Waals surface area contributed by atoms with E-state index in [1.807, 2.05) is 13.0 Å². The molecule has 158 valence electrons. The molecule has 0 saturated heterocycles. The van der Waals surface area contributed by atoms with Gasteiger partial charge in [-0.3, -0.25) is 14.9 Å². The van der Waals surface area contributed by atoms with E-state index in [2.05, 4.69) is 10.5 Å². The van der Waals surface area contributed by atoms with E-state index in [1.54, 1.807) is 54.6 Å². The number of hydrogen-bond acceptors (Lipinski definition) is 6. The van der Waals surface area contributed by atoms with E-state index < -0.39 is 4.92 Å². The normalized spacial score (nSPS) is 10.6. The van der Waals surface area contributed by atoms with E-state index in [0.29, 0.717) is 23.7 Å². The Morgan fingerprint density at radius 1 is 1.03 bits per heavy atom. The average Bonchev–Trinajstić information content (AvgIpc) is 2.79. The summed E-state index contributed by atoms with van der Waals surface area (Å²) < 4.78 is 11.1. The maximum atomic E-state index is 12.2. The fraction of sp³-hybridized carbons (Fsp3) is 0.130. The van der Waals surface area contributed by atoms with Gasteiger partial charge in [-0.25, -0.2) is 5.43 Å². The molecule has 0 fully saturated rings. The molecule has 3 aromatic rings. The molecular formula is C23H21N3O5. The molecule has 31 heavy (non-hydrogen) atoms. The number of ether oxygens (including phenoxy) is 2. The van der Waals surface area contributed by atoms with Crippen LogP contribution in [0.2, 0.25) is 0 Å². The predicted octanol–water partition coefficient (Wildman–Crippen LogP) is 4.34. The summed E-state index contributed by atoms with van der Waals surface area (Å²) in [5.74, 6) is 0.984. The summed E-state index contributed by atoms with van der Waals surface area (Å²) in [6, 6.07) is 20.2. The molecule has 0 aromatic heterocycles. The van der Waals surface area contributed by atoms with Crippen molar-refractivity contribution in [3.8, 4) is 11.5 Å². The molecule has 1 amide bonds. The van der Waals surface area contributed by atoms with Gasteiger partial charge >= 0.3 is 0 Å². The van der Waals surface area contributed by atoms with Crippen molar-refractivity contribution in [3.05, 3.63) is 99.6 Å². The molecular weight excluding hydrogens is 398 g/mol. The summed E-state index contributed by atoms with van der Waals surface area (Å²) in [5, 5.41) is 14.7. The molecule has 8 nitrogen and oxygen atoms in total. The Morgan fingerprint density at radius 3 is 2.45 bits per heavy atom. The second-order valence-corrected chi connectivity index (χ2v) is 6.44. The van der Waals surface area contributed by atoms with Gasteiger partial charge in [0, 0.05) is 17.7 Å². The molecule has 0 aliphatic carbocycles. The van der Waals surface area contributed by atoms with E-state index in [4.69, 9.17) is 9.47 Å². The Bertz CT molecular complexity index is 1060. The smallest absolute Gasteiger partial charge is 0.271 e. The predicted molar refractivity (Wildman–Crippen MR) is 117 cm³/mol. The lowest BCUT2D eigenvalue weighted by molar-refractivity contribution is -0.384. The topological polar surface area (TPSA) is 103 Å². The summed E-state index contributed by atoms with van der Waals surface area (Å²) in [5.41, 5.74) is 4.55. The lowest BCUT2D eigenvalue weighted by atomic mass is 10.2. The van der Waals surface area contributed by atoms with Crippen LogP contribution in [0.25, 0.3) is 0 Å². The third-order valence-corrected chi connectivity index (χ3v) is 4.22. The monoisotopic (exact) mass is 419 g/mol. The lowest BCUT2D eigenvalue weighted by Crippen LogP contribution is -2.17. The van der Waals surface area contributed by atoms with Crippen LogP contribution in [0.15, 0.2) is 77.9 Å². The van der Waals surface area contributed by atoms with Gasteiger partial charge in [-0.2, -0.15) is 5.10 Å². The zero-order chi connectivity index (χ0) is 22.1. The van der Waals surface area contributed by atoms with Crippen LogP contribution in [0, 0.1) is 10.1 Å². The van der Waals surface area contributed by atoms with Crippen LogP contribution >= 0.6 is 0 Å². The van der Waals surface area contributed by atoms with Crippen LogP contribution in [0.4, 0.5) is 5.69 Å². The minimum Gasteiger partial charge on any atom is -0.494 e. The molecule has 0 aliphatic heterocycles. The van der Waals surface area contributed by atoms with Gasteiger partial charge in [-0.1, -0.05) is 12.1 Å². The number of hydrogen-bond donors (Lipinski definition) is 1. The van der Waals surface area contributed by atoms with E-state index in [9.17, 15) is 14.9 Å². The highest BCUT2D eigenvalue weighted by molar-refractivity contribution is 5.95. The van der Waals surface area contributed by atoms with Crippen molar-refractivity contribution in [1.29, 1.82) is 0 Å². The number of carbonyl (C=O) groups excluding carboxylic acids is 1. The molecule has 0 aliphatic rings. The quantitative estimate of drug-likeness (QED) is 0.316. The van der Waals surface area contributed by atoms with E-state index in [1.165, 1.54) is 18.3 Å². The van der Waals surface area contributed by atoms with Gasteiger partial charge in [-0.15, -0.1) is 0 Å². The number of nitrogens with one attached hydrogen (secondary N) is 1. The van der Waals surface area contributed by atoms with Gasteiger partial charge in [0.05, 0.1) is 17.7 Å². The van der Waals surface area contributed by atoms with Crippen molar-refractivity contribution < 1.29 is 19.2 Å². The molecule has 3 aromatic carbocycles. The summed E-state index contributed by atoms with van der Waals surface area (Å²) >= 11 is 0. The maximum absolute atomic E-state index is 12.2. The number of carbonyl (C=O) groups is 1. The first-order chi connectivity index (χ1) is 15.0. The van der Waals surface area contributed by atoms with Gasteiger partial charge < -0.3 is 9.47 Å². The first-order valence-electron chi connectivity index (χ1n) is 9.57. The SMILES string of the molecule is CCOc1ccc(C(=O)N/N=C/c2cccc(OCc3ccc([N+](=O)[O-])cc3)c2)cc1. The fourth-order valence-electron chi connectivity index (χ4n) is 2.66. The van der Waals surface area contributed by atoms with E-state index >= 15 is 0 Å². The van der Waals surface area contributed by atoms with Crippen molar-refractivity contribution in [1.82, 2.24) is 5.43 Å². The Balaban J connectivity index is 1.54. The molecule has 0 atom stereocenters. The highest BCUT2D eigenvalue weighted by atomic mass is 16.6. The van der Waals surface area contributed by atoms with Crippen LogP contribution < -0.4 is 14.9 Å². The number of rotatable bonds is 9. The second-order valence-electron chi connectivity index (χ2n) is 6.44.